The molecule has 2 aliphatic heterocycles. The fourth-order valence-corrected chi connectivity index (χ4v) is 7.69. The van der Waals surface area contributed by atoms with Crippen LogP contribution in [0, 0.1) is 20.8 Å². The fourth-order valence-electron chi connectivity index (χ4n) is 7.69. The van der Waals surface area contributed by atoms with Gasteiger partial charge in [0.2, 0.25) is 11.8 Å². The lowest BCUT2D eigenvalue weighted by molar-refractivity contribution is -0.134. The lowest BCUT2D eigenvalue weighted by Crippen LogP contribution is -2.53. The number of benzene rings is 4. The van der Waals surface area contributed by atoms with Crippen LogP contribution in [0.4, 0.5) is 5.69 Å². The molecular formula is C42H52N6O3. The predicted molar refractivity (Wildman–Crippen MR) is 204 cm³/mol. The molecule has 4 aromatic carbocycles. The molecule has 7 N–H and O–H groups in total. The van der Waals surface area contributed by atoms with Gasteiger partial charge in [-0.2, -0.15) is 0 Å². The average molecular weight is 689 g/mol. The van der Waals surface area contributed by atoms with Crippen molar-refractivity contribution in [3.63, 3.8) is 0 Å². The van der Waals surface area contributed by atoms with Crippen LogP contribution in [-0.2, 0) is 35.4 Å². The maximum atomic E-state index is 13.6. The van der Waals surface area contributed by atoms with Crippen LogP contribution in [0.15, 0.2) is 78.9 Å². The number of anilines is 1. The third-order valence-electron chi connectivity index (χ3n) is 10.4. The number of phenols is 1. The van der Waals surface area contributed by atoms with Gasteiger partial charge in [0.25, 0.3) is 0 Å². The number of nitrogens with two attached hydrogens (primary N) is 2. The summed E-state index contributed by atoms with van der Waals surface area (Å²) in [6, 6.07) is 24.7. The Morgan fingerprint density at radius 2 is 1.53 bits per heavy atom. The molecule has 1 saturated heterocycles. The number of nitrogens with zero attached hydrogens (tertiary/aromatic N) is 2. The van der Waals surface area contributed by atoms with Crippen molar-refractivity contribution in [3.05, 3.63) is 129 Å². The molecule has 0 saturated carbocycles. The van der Waals surface area contributed by atoms with E-state index in [-0.39, 0.29) is 23.6 Å². The normalized spacial score (nSPS) is 17.3. The van der Waals surface area contributed by atoms with Gasteiger partial charge < -0.3 is 32.1 Å². The summed E-state index contributed by atoms with van der Waals surface area (Å²) in [5, 5.41) is 16.6. The smallest absolute Gasteiger partial charge is 0.239 e. The Balaban J connectivity index is 1.16. The van der Waals surface area contributed by atoms with Crippen molar-refractivity contribution in [1.29, 1.82) is 0 Å². The third kappa shape index (κ3) is 8.97. The number of aryl methyl sites for hydroxylation is 3. The largest absolute Gasteiger partial charge is 0.508 e. The number of hydrogen-bond acceptors (Lipinski definition) is 7. The fraction of sp³-hybridized carbons (Fsp3) is 0.381. The number of amides is 2. The van der Waals surface area contributed by atoms with E-state index >= 15 is 0 Å². The molecule has 0 bridgehead atoms. The molecule has 2 heterocycles. The quantitative estimate of drug-likeness (QED) is 0.155. The van der Waals surface area contributed by atoms with Gasteiger partial charge in [-0.15, -0.1) is 0 Å². The van der Waals surface area contributed by atoms with Crippen molar-refractivity contribution in [2.75, 3.05) is 38.0 Å². The topological polar surface area (TPSA) is 137 Å². The van der Waals surface area contributed by atoms with Gasteiger partial charge >= 0.3 is 0 Å². The number of carbonyl (C=O) groups excluding carboxylic acids is 2. The molecule has 3 atom stereocenters. The average Bonchev–Trinajstić information content (AvgIpc) is 3.11. The van der Waals surface area contributed by atoms with Crippen molar-refractivity contribution in [1.82, 2.24) is 15.1 Å². The molecule has 9 heteroatoms. The maximum absolute atomic E-state index is 13.6. The van der Waals surface area contributed by atoms with Crippen molar-refractivity contribution in [2.24, 2.45) is 11.5 Å². The molecule has 0 aliphatic carbocycles. The van der Waals surface area contributed by atoms with Crippen LogP contribution in [0.3, 0.4) is 0 Å². The van der Waals surface area contributed by atoms with Crippen molar-refractivity contribution < 1.29 is 14.7 Å². The Kier molecular flexibility index (Phi) is 11.4. The van der Waals surface area contributed by atoms with Gasteiger partial charge in [0.1, 0.15) is 5.75 Å². The molecule has 51 heavy (non-hydrogen) atoms. The Morgan fingerprint density at radius 1 is 0.843 bits per heavy atom. The van der Waals surface area contributed by atoms with Crippen molar-refractivity contribution in [2.45, 2.75) is 71.1 Å². The monoisotopic (exact) mass is 688 g/mol. The number of nitrogens with one attached hydrogen (secondary N) is 2. The van der Waals surface area contributed by atoms with E-state index in [4.69, 9.17) is 11.5 Å². The second kappa shape index (κ2) is 16.1. The summed E-state index contributed by atoms with van der Waals surface area (Å²) in [6.07, 6.45) is 2.48. The SMILES string of the molecule is Cc1cc(C)c(CC(N)C(=O)NC2CCNc3c(CN4CCN(C(=O)[C@@H](N)Cc5ccc(O)cc5)CC4)cc(Cc4ccccc4)cc32)c(C)c1. The predicted octanol–water partition coefficient (Wildman–Crippen LogP) is 4.67. The summed E-state index contributed by atoms with van der Waals surface area (Å²) in [6.45, 7) is 10.4. The summed E-state index contributed by atoms with van der Waals surface area (Å²) in [4.78, 5) is 31.1. The number of carbonyl (C=O) groups is 2. The minimum absolute atomic E-state index is 0.0453. The standard InChI is InChI=1S/C42H52N6O3/c1-27-19-28(2)35(29(3)20-27)25-37(43)41(50)46-39-13-14-45-40-33(22-32(23-36(39)40)21-30-7-5-4-6-8-30)26-47-15-17-48(18-16-47)42(51)38(44)24-31-9-11-34(49)12-10-31/h4-12,19-20,22-23,37-39,45,49H,13-18,21,24-26,43-44H2,1-3H3,(H,46,50)/t37?,38-,39?/m0/s1. The van der Waals surface area contributed by atoms with Crippen molar-refractivity contribution in [3.8, 4) is 5.75 Å². The molecule has 1 fully saturated rings. The first-order valence-corrected chi connectivity index (χ1v) is 18.1. The van der Waals surface area contributed by atoms with E-state index in [0.29, 0.717) is 25.9 Å². The van der Waals surface area contributed by atoms with Crippen LogP contribution < -0.4 is 22.1 Å². The number of phenolic OH excluding ortho intramolecular Hbond substituents is 1. The summed E-state index contributed by atoms with van der Waals surface area (Å²) in [5.41, 5.74) is 24.3. The number of piperazine rings is 1. The lowest BCUT2D eigenvalue weighted by atomic mass is 9.89. The molecular weight excluding hydrogens is 637 g/mol. The third-order valence-corrected chi connectivity index (χ3v) is 10.4. The summed E-state index contributed by atoms with van der Waals surface area (Å²) in [5.74, 6) is 0.0167. The molecule has 268 valence electrons. The zero-order valence-electron chi connectivity index (χ0n) is 30.1. The Morgan fingerprint density at radius 3 is 2.22 bits per heavy atom. The Labute approximate surface area is 302 Å². The minimum atomic E-state index is -0.649. The van der Waals surface area contributed by atoms with Gasteiger partial charge in [-0.25, -0.2) is 0 Å². The highest BCUT2D eigenvalue weighted by Crippen LogP contribution is 2.36. The molecule has 0 radical (unpaired) electrons. The van der Waals surface area contributed by atoms with Crippen LogP contribution >= 0.6 is 0 Å². The number of aromatic hydroxyl groups is 1. The van der Waals surface area contributed by atoms with E-state index in [1.54, 1.807) is 24.3 Å². The first-order chi connectivity index (χ1) is 24.5. The van der Waals surface area contributed by atoms with Crippen LogP contribution in [-0.4, -0.2) is 71.5 Å². The molecule has 0 aromatic heterocycles. The van der Waals surface area contributed by atoms with Gasteiger partial charge in [-0.1, -0.05) is 72.3 Å². The van der Waals surface area contributed by atoms with Gasteiger partial charge in [-0.05, 0) is 103 Å². The summed E-state index contributed by atoms with van der Waals surface area (Å²) < 4.78 is 0. The van der Waals surface area contributed by atoms with E-state index < -0.39 is 12.1 Å². The van der Waals surface area contributed by atoms with Crippen LogP contribution in [0.5, 0.6) is 5.75 Å². The molecule has 0 spiro atoms. The summed E-state index contributed by atoms with van der Waals surface area (Å²) in [7, 11) is 0. The highest BCUT2D eigenvalue weighted by molar-refractivity contribution is 5.83. The Hall–Kier alpha value is -4.70. The molecule has 9 nitrogen and oxygen atoms in total. The zero-order valence-corrected chi connectivity index (χ0v) is 30.1. The van der Waals surface area contributed by atoms with Crippen LogP contribution in [0.25, 0.3) is 0 Å². The first-order valence-electron chi connectivity index (χ1n) is 18.1. The first kappa shape index (κ1) is 36.1. The van der Waals surface area contributed by atoms with Gasteiger partial charge in [-0.3, -0.25) is 14.5 Å². The highest BCUT2D eigenvalue weighted by atomic mass is 16.3. The van der Waals surface area contributed by atoms with E-state index in [0.717, 1.165) is 61.4 Å². The number of hydrogen-bond donors (Lipinski definition) is 5. The lowest BCUT2D eigenvalue weighted by Gasteiger charge is -2.37. The van der Waals surface area contributed by atoms with Gasteiger partial charge in [0.05, 0.1) is 18.1 Å². The summed E-state index contributed by atoms with van der Waals surface area (Å²) >= 11 is 0. The second-order valence-corrected chi connectivity index (χ2v) is 14.4. The second-order valence-electron chi connectivity index (χ2n) is 14.4. The Bertz CT molecular complexity index is 1810. The van der Waals surface area contributed by atoms with Crippen molar-refractivity contribution >= 4 is 17.5 Å². The molecule has 6 rings (SSSR count). The van der Waals surface area contributed by atoms with E-state index in [2.05, 4.69) is 84.8 Å². The zero-order chi connectivity index (χ0) is 36.1. The van der Waals surface area contributed by atoms with Crippen LogP contribution in [0.2, 0.25) is 0 Å². The number of rotatable bonds is 11. The molecule has 4 aromatic rings. The van der Waals surface area contributed by atoms with E-state index in [1.807, 2.05) is 11.0 Å². The maximum Gasteiger partial charge on any atom is 0.239 e. The van der Waals surface area contributed by atoms with E-state index in [9.17, 15) is 14.7 Å². The van der Waals surface area contributed by atoms with Crippen LogP contribution in [0.1, 0.15) is 62.5 Å². The molecule has 2 amide bonds. The van der Waals surface area contributed by atoms with Gasteiger partial charge in [0, 0.05) is 45.0 Å². The van der Waals surface area contributed by atoms with E-state index in [1.165, 1.54) is 33.4 Å². The molecule has 2 unspecified atom stereocenters. The highest BCUT2D eigenvalue weighted by Gasteiger charge is 2.29. The minimum Gasteiger partial charge on any atom is -0.508 e. The molecule has 2 aliphatic rings. The number of fused-ring (bicyclic) bond motifs is 1. The van der Waals surface area contributed by atoms with Gasteiger partial charge in [0.15, 0.2) is 0 Å².